The molecule has 3 nitrogen and oxygen atoms in total. The highest BCUT2D eigenvalue weighted by molar-refractivity contribution is 6.30. The van der Waals surface area contributed by atoms with Crippen LogP contribution in [0.1, 0.15) is 11.1 Å². The largest absolute Gasteiger partial charge is 0.493 e. The van der Waals surface area contributed by atoms with Crippen molar-refractivity contribution in [2.75, 3.05) is 7.11 Å². The fourth-order valence-electron chi connectivity index (χ4n) is 1.70. The van der Waals surface area contributed by atoms with E-state index in [0.717, 1.165) is 11.1 Å². The fourth-order valence-corrected chi connectivity index (χ4v) is 1.83. The number of methoxy groups -OCH3 is 1. The molecule has 0 heterocycles. The Labute approximate surface area is 117 Å². The van der Waals surface area contributed by atoms with Crippen LogP contribution >= 0.6 is 11.6 Å². The zero-order chi connectivity index (χ0) is 13.7. The molecule has 0 bridgehead atoms. The van der Waals surface area contributed by atoms with Gasteiger partial charge in [-0.15, -0.1) is 0 Å². The summed E-state index contributed by atoms with van der Waals surface area (Å²) in [6, 6.07) is 13.2. The zero-order valence-corrected chi connectivity index (χ0v) is 11.5. The van der Waals surface area contributed by atoms with Crippen LogP contribution in [0.5, 0.6) is 11.5 Å². The Bertz CT molecular complexity index is 540. The second kappa shape index (κ2) is 6.45. The van der Waals surface area contributed by atoms with Crippen molar-refractivity contribution in [3.8, 4) is 11.5 Å². The van der Waals surface area contributed by atoms with Crippen LogP contribution in [0.15, 0.2) is 42.5 Å². The molecule has 4 heteroatoms. The standard InChI is InChI=1S/C15H16ClNO2/c1-18-14-7-4-12(9-17)8-15(14)19-10-11-2-5-13(16)6-3-11/h2-8H,9-10,17H2,1H3. The molecule has 2 N–H and O–H groups in total. The molecule has 0 radical (unpaired) electrons. The smallest absolute Gasteiger partial charge is 0.161 e. The summed E-state index contributed by atoms with van der Waals surface area (Å²) in [7, 11) is 1.62. The predicted octanol–water partition coefficient (Wildman–Crippen LogP) is 3.39. The van der Waals surface area contributed by atoms with Crippen molar-refractivity contribution in [2.45, 2.75) is 13.2 Å². The van der Waals surface area contributed by atoms with Gasteiger partial charge in [0.05, 0.1) is 7.11 Å². The average Bonchev–Trinajstić information content (AvgIpc) is 2.46. The van der Waals surface area contributed by atoms with Crippen molar-refractivity contribution in [2.24, 2.45) is 5.73 Å². The first-order chi connectivity index (χ1) is 9.22. The van der Waals surface area contributed by atoms with Crippen LogP contribution in [0, 0.1) is 0 Å². The van der Waals surface area contributed by atoms with Gasteiger partial charge in [0.1, 0.15) is 6.61 Å². The van der Waals surface area contributed by atoms with Crippen LogP contribution < -0.4 is 15.2 Å². The summed E-state index contributed by atoms with van der Waals surface area (Å²) in [5, 5.41) is 0.714. The van der Waals surface area contributed by atoms with E-state index in [1.807, 2.05) is 42.5 Å². The van der Waals surface area contributed by atoms with Gasteiger partial charge in [0.2, 0.25) is 0 Å². The molecule has 2 aromatic rings. The van der Waals surface area contributed by atoms with E-state index >= 15 is 0 Å². The quantitative estimate of drug-likeness (QED) is 0.911. The van der Waals surface area contributed by atoms with Gasteiger partial charge in [-0.05, 0) is 35.4 Å². The predicted molar refractivity (Wildman–Crippen MR) is 76.7 cm³/mol. The van der Waals surface area contributed by atoms with Crippen molar-refractivity contribution in [1.29, 1.82) is 0 Å². The third-order valence-corrected chi connectivity index (χ3v) is 3.02. The van der Waals surface area contributed by atoms with Crippen LogP contribution in [0.2, 0.25) is 5.02 Å². The third-order valence-electron chi connectivity index (χ3n) is 2.77. The molecule has 0 aliphatic rings. The average molecular weight is 278 g/mol. The second-order valence-electron chi connectivity index (χ2n) is 4.10. The van der Waals surface area contributed by atoms with E-state index in [2.05, 4.69) is 0 Å². The van der Waals surface area contributed by atoms with E-state index in [1.54, 1.807) is 7.11 Å². The van der Waals surface area contributed by atoms with Gasteiger partial charge in [0.15, 0.2) is 11.5 Å². The molecule has 19 heavy (non-hydrogen) atoms. The molecule has 0 saturated carbocycles. The number of halogens is 1. The van der Waals surface area contributed by atoms with E-state index in [1.165, 1.54) is 0 Å². The van der Waals surface area contributed by atoms with E-state index in [0.29, 0.717) is 29.7 Å². The van der Waals surface area contributed by atoms with Crippen LogP contribution in [0.3, 0.4) is 0 Å². The molecule has 0 aliphatic carbocycles. The van der Waals surface area contributed by atoms with E-state index in [9.17, 15) is 0 Å². The van der Waals surface area contributed by atoms with E-state index in [4.69, 9.17) is 26.8 Å². The van der Waals surface area contributed by atoms with Crippen LogP contribution in [0.4, 0.5) is 0 Å². The maximum atomic E-state index is 5.84. The van der Waals surface area contributed by atoms with Gasteiger partial charge in [-0.2, -0.15) is 0 Å². The highest BCUT2D eigenvalue weighted by Gasteiger charge is 2.05. The molecule has 2 aromatic carbocycles. The summed E-state index contributed by atoms with van der Waals surface area (Å²) in [6.45, 7) is 0.933. The lowest BCUT2D eigenvalue weighted by Gasteiger charge is -2.12. The SMILES string of the molecule is COc1ccc(CN)cc1OCc1ccc(Cl)cc1. The van der Waals surface area contributed by atoms with Crippen LogP contribution in [-0.2, 0) is 13.2 Å². The summed E-state index contributed by atoms with van der Waals surface area (Å²) in [6.07, 6.45) is 0. The van der Waals surface area contributed by atoms with E-state index < -0.39 is 0 Å². The summed E-state index contributed by atoms with van der Waals surface area (Å²) in [5.41, 5.74) is 7.68. The van der Waals surface area contributed by atoms with Crippen molar-refractivity contribution in [3.05, 3.63) is 58.6 Å². The molecule has 0 unspecified atom stereocenters. The monoisotopic (exact) mass is 277 g/mol. The topological polar surface area (TPSA) is 44.5 Å². The van der Waals surface area contributed by atoms with Crippen molar-refractivity contribution in [3.63, 3.8) is 0 Å². The minimum Gasteiger partial charge on any atom is -0.493 e. The van der Waals surface area contributed by atoms with Gasteiger partial charge < -0.3 is 15.2 Å². The molecule has 0 aliphatic heterocycles. The second-order valence-corrected chi connectivity index (χ2v) is 4.54. The molecule has 100 valence electrons. The van der Waals surface area contributed by atoms with E-state index in [-0.39, 0.29) is 0 Å². The fraction of sp³-hybridized carbons (Fsp3) is 0.200. The van der Waals surface area contributed by atoms with Crippen molar-refractivity contribution < 1.29 is 9.47 Å². The normalized spacial score (nSPS) is 10.3. The lowest BCUT2D eigenvalue weighted by atomic mass is 10.2. The molecule has 2 rings (SSSR count). The Morgan fingerprint density at radius 3 is 2.32 bits per heavy atom. The Morgan fingerprint density at radius 2 is 1.68 bits per heavy atom. The minimum atomic E-state index is 0.460. The number of hydrogen-bond acceptors (Lipinski definition) is 3. The van der Waals surface area contributed by atoms with Crippen LogP contribution in [0.25, 0.3) is 0 Å². The lowest BCUT2D eigenvalue weighted by molar-refractivity contribution is 0.284. The van der Waals surface area contributed by atoms with Gasteiger partial charge in [-0.25, -0.2) is 0 Å². The van der Waals surface area contributed by atoms with Crippen LogP contribution in [-0.4, -0.2) is 7.11 Å². The molecule has 0 spiro atoms. The molecule has 0 saturated heterocycles. The van der Waals surface area contributed by atoms with Gasteiger partial charge in [-0.3, -0.25) is 0 Å². The first-order valence-corrected chi connectivity index (χ1v) is 6.35. The Morgan fingerprint density at radius 1 is 1.00 bits per heavy atom. The highest BCUT2D eigenvalue weighted by atomic mass is 35.5. The van der Waals surface area contributed by atoms with Gasteiger partial charge in [0, 0.05) is 11.6 Å². The number of nitrogens with two attached hydrogens (primary N) is 1. The maximum Gasteiger partial charge on any atom is 0.161 e. The minimum absolute atomic E-state index is 0.460. The molecular weight excluding hydrogens is 262 g/mol. The highest BCUT2D eigenvalue weighted by Crippen LogP contribution is 2.28. The molecular formula is C15H16ClNO2. The first-order valence-electron chi connectivity index (χ1n) is 5.97. The number of rotatable bonds is 5. The molecule has 0 fully saturated rings. The van der Waals surface area contributed by atoms with Gasteiger partial charge >= 0.3 is 0 Å². The molecule has 0 aromatic heterocycles. The summed E-state index contributed by atoms with van der Waals surface area (Å²) in [5.74, 6) is 1.39. The lowest BCUT2D eigenvalue weighted by Crippen LogP contribution is -2.01. The Hall–Kier alpha value is -1.71. The molecule has 0 amide bonds. The molecule has 0 atom stereocenters. The summed E-state index contributed by atoms with van der Waals surface area (Å²) in [4.78, 5) is 0. The van der Waals surface area contributed by atoms with Gasteiger partial charge in [0.25, 0.3) is 0 Å². The number of benzene rings is 2. The van der Waals surface area contributed by atoms with Crippen molar-refractivity contribution in [1.82, 2.24) is 0 Å². The zero-order valence-electron chi connectivity index (χ0n) is 10.7. The number of ether oxygens (including phenoxy) is 2. The van der Waals surface area contributed by atoms with Crippen molar-refractivity contribution >= 4 is 11.6 Å². The summed E-state index contributed by atoms with van der Waals surface area (Å²) < 4.78 is 11.0. The third kappa shape index (κ3) is 3.63. The number of hydrogen-bond donors (Lipinski definition) is 1. The summed E-state index contributed by atoms with van der Waals surface area (Å²) >= 11 is 5.84. The first kappa shape index (κ1) is 13.7. The van der Waals surface area contributed by atoms with Gasteiger partial charge in [-0.1, -0.05) is 29.8 Å². The Kier molecular flexibility index (Phi) is 4.66. The Balaban J connectivity index is 2.11. The maximum absolute atomic E-state index is 5.84.